The lowest BCUT2D eigenvalue weighted by Crippen LogP contribution is -2.37. The van der Waals surface area contributed by atoms with E-state index in [1.54, 1.807) is 12.1 Å². The molecule has 2 amide bonds. The van der Waals surface area contributed by atoms with Crippen molar-refractivity contribution in [3.05, 3.63) is 84.7 Å². The highest BCUT2D eigenvalue weighted by Crippen LogP contribution is 2.34. The summed E-state index contributed by atoms with van der Waals surface area (Å²) in [6, 6.07) is 15.2. The zero-order valence-corrected chi connectivity index (χ0v) is 20.2. The van der Waals surface area contributed by atoms with Gasteiger partial charge in [-0.3, -0.25) is 5.32 Å². The standard InChI is InChI=1S/C24H16F6N6O2S/c25-23(26,27)18-3-1-2-4-19(18)33-22(39)34-21(37)32-15-7-5-14(6-8-15)20-31-13-36(35-20)16-9-11-17(12-10-16)38-24(28,29)30/h1-13H,(H3,32,33,34,37,39). The van der Waals surface area contributed by atoms with Gasteiger partial charge in [-0.1, -0.05) is 12.1 Å². The first-order valence-corrected chi connectivity index (χ1v) is 11.2. The van der Waals surface area contributed by atoms with E-state index in [1.807, 2.05) is 0 Å². The smallest absolute Gasteiger partial charge is 0.406 e. The number of carbonyl (C=O) groups excluding carboxylic acids is 1. The molecule has 0 saturated carbocycles. The third-order valence-corrected chi connectivity index (χ3v) is 5.14. The number of hydrogen-bond donors (Lipinski definition) is 3. The van der Waals surface area contributed by atoms with Gasteiger partial charge < -0.3 is 15.4 Å². The molecule has 3 aromatic carbocycles. The first kappa shape index (κ1) is 27.4. The number of carbonyl (C=O) groups is 1. The second kappa shape index (κ2) is 11.0. The van der Waals surface area contributed by atoms with Gasteiger partial charge in [-0.15, -0.1) is 18.3 Å². The van der Waals surface area contributed by atoms with Crippen LogP contribution in [0.4, 0.5) is 42.5 Å². The molecular weight excluding hydrogens is 550 g/mol. The maximum atomic E-state index is 13.1. The van der Waals surface area contributed by atoms with Crippen LogP contribution >= 0.6 is 12.2 Å². The maximum absolute atomic E-state index is 13.1. The van der Waals surface area contributed by atoms with Crippen LogP contribution in [-0.2, 0) is 6.18 Å². The summed E-state index contributed by atoms with van der Waals surface area (Å²) in [7, 11) is 0. The number of nitrogens with one attached hydrogen (secondary N) is 3. The zero-order valence-electron chi connectivity index (χ0n) is 19.3. The summed E-state index contributed by atoms with van der Waals surface area (Å²) in [5.41, 5.74) is 0.110. The summed E-state index contributed by atoms with van der Waals surface area (Å²) >= 11 is 4.94. The van der Waals surface area contributed by atoms with E-state index in [9.17, 15) is 31.1 Å². The van der Waals surface area contributed by atoms with Gasteiger partial charge >= 0.3 is 18.6 Å². The van der Waals surface area contributed by atoms with Crippen LogP contribution in [0.5, 0.6) is 5.75 Å². The molecule has 4 rings (SSSR count). The van der Waals surface area contributed by atoms with E-state index in [0.29, 0.717) is 22.8 Å². The average Bonchev–Trinajstić information content (AvgIpc) is 3.34. The Bertz CT molecular complexity index is 1470. The summed E-state index contributed by atoms with van der Waals surface area (Å²) in [6.45, 7) is 0. The lowest BCUT2D eigenvalue weighted by atomic mass is 10.2. The number of urea groups is 1. The van der Waals surface area contributed by atoms with Crippen LogP contribution in [-0.4, -0.2) is 32.3 Å². The topological polar surface area (TPSA) is 93.1 Å². The molecule has 0 fully saturated rings. The molecule has 0 spiro atoms. The highest BCUT2D eigenvalue weighted by molar-refractivity contribution is 7.80. The molecule has 0 saturated heterocycles. The van der Waals surface area contributed by atoms with Gasteiger partial charge in [-0.05, 0) is 72.9 Å². The Morgan fingerprint density at radius 1 is 0.872 bits per heavy atom. The van der Waals surface area contributed by atoms with Crippen molar-refractivity contribution in [1.82, 2.24) is 20.1 Å². The van der Waals surface area contributed by atoms with Crippen molar-refractivity contribution in [2.45, 2.75) is 12.5 Å². The molecule has 15 heteroatoms. The summed E-state index contributed by atoms with van der Waals surface area (Å²) in [5, 5.41) is 11.0. The number of hydrogen-bond acceptors (Lipinski definition) is 5. The summed E-state index contributed by atoms with van der Waals surface area (Å²) < 4.78 is 81.5. The lowest BCUT2D eigenvalue weighted by molar-refractivity contribution is -0.274. The number of anilines is 2. The number of rotatable bonds is 5. The van der Waals surface area contributed by atoms with Gasteiger partial charge in [0.1, 0.15) is 12.1 Å². The van der Waals surface area contributed by atoms with E-state index in [4.69, 9.17) is 12.2 Å². The minimum atomic E-state index is -4.80. The molecule has 0 aliphatic carbocycles. The van der Waals surface area contributed by atoms with E-state index in [-0.39, 0.29) is 16.5 Å². The molecule has 0 unspecified atom stereocenters. The molecule has 0 aliphatic heterocycles. The summed E-state index contributed by atoms with van der Waals surface area (Å²) in [6.07, 6.45) is -8.03. The predicted molar refractivity (Wildman–Crippen MR) is 133 cm³/mol. The van der Waals surface area contributed by atoms with Crippen LogP contribution in [0.25, 0.3) is 17.1 Å². The molecule has 1 aromatic heterocycles. The van der Waals surface area contributed by atoms with Gasteiger partial charge in [0.2, 0.25) is 0 Å². The van der Waals surface area contributed by atoms with Crippen molar-refractivity contribution in [3.63, 3.8) is 0 Å². The van der Waals surface area contributed by atoms with Gasteiger partial charge in [-0.25, -0.2) is 14.5 Å². The first-order chi connectivity index (χ1) is 18.4. The van der Waals surface area contributed by atoms with Crippen LogP contribution in [0.2, 0.25) is 0 Å². The second-order valence-electron chi connectivity index (χ2n) is 7.71. The third-order valence-electron chi connectivity index (χ3n) is 4.94. The van der Waals surface area contributed by atoms with Gasteiger partial charge in [0.25, 0.3) is 0 Å². The molecule has 3 N–H and O–H groups in total. The minimum absolute atomic E-state index is 0.301. The molecule has 0 radical (unpaired) electrons. The molecular formula is C24H16F6N6O2S. The van der Waals surface area contributed by atoms with Crippen LogP contribution in [0, 0.1) is 0 Å². The fourth-order valence-electron chi connectivity index (χ4n) is 3.28. The van der Waals surface area contributed by atoms with E-state index < -0.39 is 24.1 Å². The van der Waals surface area contributed by atoms with Crippen LogP contribution < -0.4 is 20.7 Å². The van der Waals surface area contributed by atoms with E-state index in [1.165, 1.54) is 53.5 Å². The highest BCUT2D eigenvalue weighted by Gasteiger charge is 2.33. The van der Waals surface area contributed by atoms with Crippen molar-refractivity contribution in [1.29, 1.82) is 0 Å². The summed E-state index contributed by atoms with van der Waals surface area (Å²) in [4.78, 5) is 16.4. The Morgan fingerprint density at radius 3 is 2.18 bits per heavy atom. The molecule has 0 bridgehead atoms. The third kappa shape index (κ3) is 7.44. The number of aromatic nitrogens is 3. The normalized spacial score (nSPS) is 11.5. The quantitative estimate of drug-likeness (QED) is 0.192. The Balaban J connectivity index is 1.34. The Morgan fingerprint density at radius 2 is 1.54 bits per heavy atom. The fraction of sp³-hybridized carbons (Fsp3) is 0.0833. The zero-order chi connectivity index (χ0) is 28.2. The number of alkyl halides is 6. The molecule has 39 heavy (non-hydrogen) atoms. The Kier molecular flexibility index (Phi) is 7.71. The van der Waals surface area contributed by atoms with Crippen molar-refractivity contribution in [2.75, 3.05) is 10.6 Å². The van der Waals surface area contributed by atoms with E-state index >= 15 is 0 Å². The van der Waals surface area contributed by atoms with Crippen LogP contribution in [0.15, 0.2) is 79.1 Å². The molecule has 4 aromatic rings. The van der Waals surface area contributed by atoms with Gasteiger partial charge in [0.05, 0.1) is 16.9 Å². The van der Waals surface area contributed by atoms with E-state index in [2.05, 4.69) is 30.8 Å². The number of amides is 2. The maximum Gasteiger partial charge on any atom is 0.573 e. The van der Waals surface area contributed by atoms with Gasteiger partial charge in [0, 0.05) is 11.3 Å². The lowest BCUT2D eigenvalue weighted by Gasteiger charge is -2.15. The van der Waals surface area contributed by atoms with E-state index in [0.717, 1.165) is 18.2 Å². The molecule has 202 valence electrons. The van der Waals surface area contributed by atoms with Crippen molar-refractivity contribution in [2.24, 2.45) is 0 Å². The second-order valence-corrected chi connectivity index (χ2v) is 8.12. The SMILES string of the molecule is O=C(NC(=S)Nc1ccccc1C(F)(F)F)Nc1ccc(-c2ncn(-c3ccc(OC(F)(F)F)cc3)n2)cc1. The molecule has 8 nitrogen and oxygen atoms in total. The first-order valence-electron chi connectivity index (χ1n) is 10.8. The Labute approximate surface area is 221 Å². The monoisotopic (exact) mass is 566 g/mol. The van der Waals surface area contributed by atoms with Crippen LogP contribution in [0.1, 0.15) is 5.56 Å². The fourth-order valence-corrected chi connectivity index (χ4v) is 3.48. The number of benzene rings is 3. The van der Waals surface area contributed by atoms with Gasteiger partial charge in [0.15, 0.2) is 10.9 Å². The van der Waals surface area contributed by atoms with Crippen molar-refractivity contribution in [3.8, 4) is 22.8 Å². The average molecular weight is 566 g/mol. The largest absolute Gasteiger partial charge is 0.573 e. The Hall–Kier alpha value is -4.66. The molecule has 0 aliphatic rings. The number of nitrogens with zero attached hydrogens (tertiary/aromatic N) is 3. The minimum Gasteiger partial charge on any atom is -0.406 e. The van der Waals surface area contributed by atoms with Crippen LogP contribution in [0.3, 0.4) is 0 Å². The molecule has 1 heterocycles. The predicted octanol–water partition coefficient (Wildman–Crippen LogP) is 6.37. The van der Waals surface area contributed by atoms with Crippen molar-refractivity contribution < 1.29 is 35.9 Å². The number of thiocarbonyl (C=S) groups is 1. The highest BCUT2D eigenvalue weighted by atomic mass is 32.1. The van der Waals surface area contributed by atoms with Gasteiger partial charge in [-0.2, -0.15) is 13.2 Å². The van der Waals surface area contributed by atoms with Crippen molar-refractivity contribution >= 4 is 34.7 Å². The number of halogens is 6. The number of ether oxygens (including phenoxy) is 1. The number of para-hydroxylation sites is 1. The molecule has 0 atom stereocenters. The summed E-state index contributed by atoms with van der Waals surface area (Å²) in [5.74, 6) is -0.0725.